The van der Waals surface area contributed by atoms with E-state index in [9.17, 15) is 4.79 Å². The summed E-state index contributed by atoms with van der Waals surface area (Å²) in [6.45, 7) is 0. The van der Waals surface area contributed by atoms with Crippen LogP contribution in [-0.4, -0.2) is 11.0 Å². The first-order chi connectivity index (χ1) is 7.75. The number of nitrogens with one attached hydrogen (secondary N) is 1. The monoisotopic (exact) mass is 212 g/mol. The van der Waals surface area contributed by atoms with Crippen LogP contribution in [0.1, 0.15) is 10.4 Å². The summed E-state index contributed by atoms with van der Waals surface area (Å²) in [5.74, 6) is -0.0656. The zero-order valence-corrected chi connectivity index (χ0v) is 8.47. The number of carbonyl (C=O) groups excluding carboxylic acids is 1. The Morgan fingerprint density at radius 1 is 1.19 bits per heavy atom. The maximum Gasteiger partial charge on any atom is 0.255 e. The predicted octanol–water partition coefficient (Wildman–Crippen LogP) is 2.44. The van der Waals surface area contributed by atoms with E-state index in [1.54, 1.807) is 36.4 Å². The number of anilines is 1. The molecule has 79 valence electrons. The maximum absolute atomic E-state index is 11.7. The molecule has 0 aliphatic carbocycles. The number of hydrogen-bond donors (Lipinski definition) is 2. The second kappa shape index (κ2) is 4.49. The first-order valence-electron chi connectivity index (χ1n) is 4.82. The average Bonchev–Trinajstić information content (AvgIpc) is 2.31. The van der Waals surface area contributed by atoms with Gasteiger partial charge in [-0.05, 0) is 42.5 Å². The van der Waals surface area contributed by atoms with Crippen LogP contribution in [-0.2, 0) is 0 Å². The molecule has 1 radical (unpaired) electrons. The highest BCUT2D eigenvalue weighted by Gasteiger charge is 2.04. The molecule has 2 N–H and O–H groups in total. The Bertz CT molecular complexity index is 477. The van der Waals surface area contributed by atoms with Gasteiger partial charge in [-0.3, -0.25) is 4.79 Å². The second-order valence-corrected chi connectivity index (χ2v) is 3.29. The summed E-state index contributed by atoms with van der Waals surface area (Å²) < 4.78 is 0. The topological polar surface area (TPSA) is 49.3 Å². The van der Waals surface area contributed by atoms with Crippen molar-refractivity contribution in [3.05, 3.63) is 60.2 Å². The van der Waals surface area contributed by atoms with Crippen LogP contribution in [0.5, 0.6) is 5.75 Å². The molecule has 16 heavy (non-hydrogen) atoms. The zero-order valence-electron chi connectivity index (χ0n) is 8.47. The van der Waals surface area contributed by atoms with Crippen LogP contribution in [0, 0.1) is 6.07 Å². The third kappa shape index (κ3) is 2.39. The van der Waals surface area contributed by atoms with E-state index in [-0.39, 0.29) is 11.7 Å². The van der Waals surface area contributed by atoms with Crippen molar-refractivity contribution >= 4 is 11.6 Å². The highest BCUT2D eigenvalue weighted by atomic mass is 16.3. The fraction of sp³-hybridized carbons (Fsp3) is 0. The van der Waals surface area contributed by atoms with Crippen LogP contribution in [0.4, 0.5) is 5.69 Å². The number of carbonyl (C=O) groups is 1. The molecular weight excluding hydrogens is 202 g/mol. The zero-order chi connectivity index (χ0) is 11.4. The molecule has 0 aliphatic heterocycles. The Morgan fingerprint density at radius 3 is 2.56 bits per heavy atom. The van der Waals surface area contributed by atoms with Gasteiger partial charge in [0.1, 0.15) is 5.75 Å². The standard InChI is InChI=1S/C13H10NO2/c15-12-8-6-10(7-9-12)13(16)14-11-4-2-1-3-5-11/h1-2,4-9,15H,(H,14,16). The maximum atomic E-state index is 11.7. The van der Waals surface area contributed by atoms with Gasteiger partial charge >= 0.3 is 0 Å². The summed E-state index contributed by atoms with van der Waals surface area (Å²) in [6, 6.07) is 16.0. The minimum Gasteiger partial charge on any atom is -0.508 e. The highest BCUT2D eigenvalue weighted by molar-refractivity contribution is 6.04. The van der Waals surface area contributed by atoms with E-state index in [0.29, 0.717) is 11.3 Å². The van der Waals surface area contributed by atoms with E-state index < -0.39 is 0 Å². The number of amides is 1. The highest BCUT2D eigenvalue weighted by Crippen LogP contribution is 2.12. The Morgan fingerprint density at radius 2 is 1.94 bits per heavy atom. The molecular formula is C13H10NO2. The van der Waals surface area contributed by atoms with E-state index in [0.717, 1.165) is 0 Å². The van der Waals surface area contributed by atoms with Gasteiger partial charge in [0, 0.05) is 11.3 Å². The first kappa shape index (κ1) is 10.2. The second-order valence-electron chi connectivity index (χ2n) is 3.29. The summed E-state index contributed by atoms with van der Waals surface area (Å²) in [5, 5.41) is 11.8. The van der Waals surface area contributed by atoms with Gasteiger partial charge < -0.3 is 10.4 Å². The number of benzene rings is 2. The molecule has 0 saturated heterocycles. The smallest absolute Gasteiger partial charge is 0.255 e. The lowest BCUT2D eigenvalue weighted by Crippen LogP contribution is -2.11. The molecule has 3 heteroatoms. The van der Waals surface area contributed by atoms with Crippen molar-refractivity contribution in [2.24, 2.45) is 0 Å². The van der Waals surface area contributed by atoms with Crippen molar-refractivity contribution in [2.75, 3.05) is 5.32 Å². The molecule has 0 heterocycles. The number of aromatic hydroxyl groups is 1. The van der Waals surface area contributed by atoms with E-state index in [2.05, 4.69) is 11.4 Å². The predicted molar refractivity (Wildman–Crippen MR) is 61.3 cm³/mol. The van der Waals surface area contributed by atoms with Crippen LogP contribution in [0.15, 0.2) is 48.5 Å². The normalized spacial score (nSPS) is 9.75. The molecule has 2 aromatic carbocycles. The third-order valence-corrected chi connectivity index (χ3v) is 2.09. The molecule has 0 saturated carbocycles. The van der Waals surface area contributed by atoms with E-state index in [4.69, 9.17) is 5.11 Å². The van der Waals surface area contributed by atoms with E-state index >= 15 is 0 Å². The van der Waals surface area contributed by atoms with Crippen molar-refractivity contribution in [3.8, 4) is 5.75 Å². The molecule has 2 rings (SSSR count). The van der Waals surface area contributed by atoms with Crippen LogP contribution in [0.25, 0.3) is 0 Å². The van der Waals surface area contributed by atoms with Gasteiger partial charge in [-0.15, -0.1) is 0 Å². The summed E-state index contributed by atoms with van der Waals surface area (Å²) in [6.07, 6.45) is 0. The summed E-state index contributed by atoms with van der Waals surface area (Å²) >= 11 is 0. The van der Waals surface area contributed by atoms with Gasteiger partial charge in [-0.1, -0.05) is 12.1 Å². The molecule has 0 unspecified atom stereocenters. The van der Waals surface area contributed by atoms with Gasteiger partial charge in [0.15, 0.2) is 0 Å². The van der Waals surface area contributed by atoms with Gasteiger partial charge in [-0.25, -0.2) is 0 Å². The van der Waals surface area contributed by atoms with Crippen molar-refractivity contribution in [3.63, 3.8) is 0 Å². The van der Waals surface area contributed by atoms with E-state index in [1.165, 1.54) is 12.1 Å². The number of rotatable bonds is 2. The quantitative estimate of drug-likeness (QED) is 0.803. The molecule has 0 bridgehead atoms. The number of phenolic OH excluding ortho intramolecular Hbond substituents is 1. The summed E-state index contributed by atoms with van der Waals surface area (Å²) in [5.41, 5.74) is 1.20. The lowest BCUT2D eigenvalue weighted by Gasteiger charge is -2.04. The fourth-order valence-electron chi connectivity index (χ4n) is 1.29. The van der Waals surface area contributed by atoms with Crippen LogP contribution in [0.3, 0.4) is 0 Å². The lowest BCUT2D eigenvalue weighted by molar-refractivity contribution is 0.102. The van der Waals surface area contributed by atoms with Crippen molar-refractivity contribution in [1.82, 2.24) is 0 Å². The summed E-state index contributed by atoms with van der Waals surface area (Å²) in [4.78, 5) is 11.7. The minimum absolute atomic E-state index is 0.143. The van der Waals surface area contributed by atoms with Crippen LogP contribution >= 0.6 is 0 Å². The van der Waals surface area contributed by atoms with E-state index in [1.807, 2.05) is 0 Å². The van der Waals surface area contributed by atoms with Crippen molar-refractivity contribution in [2.45, 2.75) is 0 Å². The minimum atomic E-state index is -0.209. The fourth-order valence-corrected chi connectivity index (χ4v) is 1.29. The third-order valence-electron chi connectivity index (χ3n) is 2.09. The lowest BCUT2D eigenvalue weighted by atomic mass is 10.2. The van der Waals surface area contributed by atoms with Crippen LogP contribution in [0.2, 0.25) is 0 Å². The molecule has 0 aliphatic rings. The average molecular weight is 212 g/mol. The SMILES string of the molecule is O=C(Nc1c[c]ccc1)c1ccc(O)cc1. The molecule has 2 aromatic rings. The molecule has 0 fully saturated rings. The summed E-state index contributed by atoms with van der Waals surface area (Å²) in [7, 11) is 0. The Hall–Kier alpha value is -2.29. The number of hydrogen-bond acceptors (Lipinski definition) is 2. The van der Waals surface area contributed by atoms with Crippen LogP contribution < -0.4 is 5.32 Å². The Labute approximate surface area is 93.4 Å². The molecule has 0 atom stereocenters. The molecule has 3 nitrogen and oxygen atoms in total. The molecule has 1 amide bonds. The van der Waals surface area contributed by atoms with Gasteiger partial charge in [-0.2, -0.15) is 0 Å². The van der Waals surface area contributed by atoms with Gasteiger partial charge in [0.25, 0.3) is 5.91 Å². The molecule has 0 spiro atoms. The number of phenols is 1. The van der Waals surface area contributed by atoms with Gasteiger partial charge in [0.05, 0.1) is 0 Å². The first-order valence-corrected chi connectivity index (χ1v) is 4.82. The Kier molecular flexibility index (Phi) is 2.87. The Balaban J connectivity index is 2.12. The largest absolute Gasteiger partial charge is 0.508 e. The van der Waals surface area contributed by atoms with Crippen molar-refractivity contribution in [1.29, 1.82) is 0 Å². The van der Waals surface area contributed by atoms with Crippen molar-refractivity contribution < 1.29 is 9.90 Å². The van der Waals surface area contributed by atoms with Gasteiger partial charge in [0.2, 0.25) is 0 Å². The molecule has 0 aromatic heterocycles.